The van der Waals surface area contributed by atoms with Crippen molar-refractivity contribution in [2.24, 2.45) is 17.8 Å². The van der Waals surface area contributed by atoms with E-state index in [0.29, 0.717) is 6.04 Å². The summed E-state index contributed by atoms with van der Waals surface area (Å²) in [5.74, 6) is 2.72. The van der Waals surface area contributed by atoms with Crippen LogP contribution in [0.25, 0.3) is 0 Å². The van der Waals surface area contributed by atoms with E-state index in [0.717, 1.165) is 37.3 Å². The number of hydrogen-bond donors (Lipinski definition) is 1. The Kier molecular flexibility index (Phi) is 3.87. The lowest BCUT2D eigenvalue weighted by Gasteiger charge is -2.31. The van der Waals surface area contributed by atoms with Gasteiger partial charge in [0.15, 0.2) is 0 Å². The number of hydrogen-bond acceptors (Lipinski definition) is 3. The molecule has 0 amide bonds. The molecule has 0 spiro atoms. The van der Waals surface area contributed by atoms with E-state index in [-0.39, 0.29) is 0 Å². The van der Waals surface area contributed by atoms with Gasteiger partial charge in [0.05, 0.1) is 17.9 Å². The van der Waals surface area contributed by atoms with Gasteiger partial charge in [-0.1, -0.05) is 25.5 Å². The topological polar surface area (TPSA) is 42.7 Å². The molecule has 0 saturated heterocycles. The first-order valence-electron chi connectivity index (χ1n) is 7.95. The average Bonchev–Trinajstić information content (AvgIpc) is 3.12. The van der Waals surface area contributed by atoms with Crippen molar-refractivity contribution in [3.8, 4) is 0 Å². The summed E-state index contributed by atoms with van der Waals surface area (Å²) in [6.07, 6.45) is 8.86. The van der Waals surface area contributed by atoms with Crippen molar-refractivity contribution in [2.45, 2.75) is 58.5 Å². The van der Waals surface area contributed by atoms with Gasteiger partial charge in [0, 0.05) is 6.54 Å². The van der Waals surface area contributed by atoms with Crippen LogP contribution in [0.1, 0.15) is 57.7 Å². The number of nitrogens with zero attached hydrogens (tertiary/aromatic N) is 3. The van der Waals surface area contributed by atoms with Gasteiger partial charge in [-0.25, -0.2) is 4.68 Å². The minimum atomic E-state index is 0.460. The normalized spacial score (nSPS) is 30.9. The van der Waals surface area contributed by atoms with Crippen LogP contribution in [-0.2, 0) is 6.54 Å². The Morgan fingerprint density at radius 2 is 2.26 bits per heavy atom. The van der Waals surface area contributed by atoms with Gasteiger partial charge in [0.25, 0.3) is 0 Å². The predicted octanol–water partition coefficient (Wildman–Crippen LogP) is 2.77. The third-order valence-corrected chi connectivity index (χ3v) is 5.05. The highest BCUT2D eigenvalue weighted by Gasteiger charge is 2.44. The number of aryl methyl sites for hydroxylation is 1. The molecular weight excluding hydrogens is 236 g/mol. The second kappa shape index (κ2) is 5.61. The van der Waals surface area contributed by atoms with E-state index < -0.39 is 0 Å². The Morgan fingerprint density at radius 1 is 1.37 bits per heavy atom. The van der Waals surface area contributed by atoms with E-state index in [2.05, 4.69) is 34.2 Å². The van der Waals surface area contributed by atoms with Gasteiger partial charge in [-0.15, -0.1) is 5.10 Å². The Hall–Kier alpha value is -0.900. The minimum absolute atomic E-state index is 0.460. The molecule has 1 aromatic heterocycles. The fraction of sp³-hybridized carbons (Fsp3) is 0.867. The molecule has 106 valence electrons. The van der Waals surface area contributed by atoms with E-state index >= 15 is 0 Å². The highest BCUT2D eigenvalue weighted by molar-refractivity contribution is 5.08. The molecule has 19 heavy (non-hydrogen) atoms. The second-order valence-corrected chi connectivity index (χ2v) is 6.26. The fourth-order valence-electron chi connectivity index (χ4n) is 4.29. The van der Waals surface area contributed by atoms with E-state index in [4.69, 9.17) is 0 Å². The largest absolute Gasteiger partial charge is 0.309 e. The molecule has 2 bridgehead atoms. The van der Waals surface area contributed by atoms with Gasteiger partial charge in [-0.05, 0) is 50.0 Å². The van der Waals surface area contributed by atoms with Gasteiger partial charge in [-0.3, -0.25) is 0 Å². The molecule has 2 aliphatic rings. The smallest absolute Gasteiger partial charge is 0.0759 e. The molecule has 0 aromatic carbocycles. The van der Waals surface area contributed by atoms with Crippen molar-refractivity contribution in [1.29, 1.82) is 0 Å². The molecule has 4 unspecified atom stereocenters. The lowest BCUT2D eigenvalue weighted by Crippen LogP contribution is -2.33. The highest BCUT2D eigenvalue weighted by Crippen LogP contribution is 2.52. The van der Waals surface area contributed by atoms with Crippen LogP contribution in [0, 0.1) is 17.8 Å². The molecule has 2 aliphatic carbocycles. The van der Waals surface area contributed by atoms with Crippen molar-refractivity contribution in [1.82, 2.24) is 20.3 Å². The molecule has 1 heterocycles. The summed E-state index contributed by atoms with van der Waals surface area (Å²) in [5, 5.41) is 12.1. The van der Waals surface area contributed by atoms with Crippen molar-refractivity contribution in [3.05, 3.63) is 11.9 Å². The zero-order valence-corrected chi connectivity index (χ0v) is 12.2. The number of aromatic nitrogens is 3. The molecule has 1 aromatic rings. The van der Waals surface area contributed by atoms with Crippen LogP contribution >= 0.6 is 0 Å². The standard InChI is InChI=1S/C15H26N4/c1-3-7-19-14(10-17-18-19)15(16-4-2)13-9-11-5-6-12(13)8-11/h10-13,15-16H,3-9H2,1-2H3. The van der Waals surface area contributed by atoms with Crippen LogP contribution in [-0.4, -0.2) is 21.5 Å². The van der Waals surface area contributed by atoms with Crippen molar-refractivity contribution in [2.75, 3.05) is 6.54 Å². The zero-order chi connectivity index (χ0) is 13.2. The van der Waals surface area contributed by atoms with Crippen LogP contribution in [0.15, 0.2) is 6.20 Å². The Bertz CT molecular complexity index is 414. The summed E-state index contributed by atoms with van der Waals surface area (Å²) >= 11 is 0. The van der Waals surface area contributed by atoms with Crippen LogP contribution in [0.5, 0.6) is 0 Å². The zero-order valence-electron chi connectivity index (χ0n) is 12.2. The van der Waals surface area contributed by atoms with Gasteiger partial charge in [-0.2, -0.15) is 0 Å². The highest BCUT2D eigenvalue weighted by atomic mass is 15.4. The van der Waals surface area contributed by atoms with Gasteiger partial charge in [0.1, 0.15) is 0 Å². The SMILES string of the molecule is CCCn1nncc1C(NCC)C1CC2CCC1C2. The van der Waals surface area contributed by atoms with Crippen LogP contribution in [0.2, 0.25) is 0 Å². The summed E-state index contributed by atoms with van der Waals surface area (Å²) in [6.45, 7) is 6.41. The quantitative estimate of drug-likeness (QED) is 0.857. The molecule has 4 atom stereocenters. The third-order valence-electron chi connectivity index (χ3n) is 5.05. The molecule has 0 radical (unpaired) electrons. The first-order chi connectivity index (χ1) is 9.33. The van der Waals surface area contributed by atoms with Gasteiger partial charge >= 0.3 is 0 Å². The van der Waals surface area contributed by atoms with Crippen LogP contribution < -0.4 is 5.32 Å². The summed E-state index contributed by atoms with van der Waals surface area (Å²) < 4.78 is 2.11. The molecule has 1 N–H and O–H groups in total. The number of nitrogens with one attached hydrogen (secondary N) is 1. The average molecular weight is 262 g/mol. The van der Waals surface area contributed by atoms with Crippen molar-refractivity contribution >= 4 is 0 Å². The Labute approximate surface area is 116 Å². The fourth-order valence-corrected chi connectivity index (χ4v) is 4.29. The number of fused-ring (bicyclic) bond motifs is 2. The van der Waals surface area contributed by atoms with Gasteiger partial charge < -0.3 is 5.32 Å². The maximum absolute atomic E-state index is 4.27. The molecule has 4 nitrogen and oxygen atoms in total. The molecule has 0 aliphatic heterocycles. The molecule has 3 rings (SSSR count). The maximum Gasteiger partial charge on any atom is 0.0759 e. The summed E-state index contributed by atoms with van der Waals surface area (Å²) in [7, 11) is 0. The lowest BCUT2D eigenvalue weighted by molar-refractivity contribution is 0.243. The number of rotatable bonds is 6. The lowest BCUT2D eigenvalue weighted by atomic mass is 9.82. The first-order valence-corrected chi connectivity index (χ1v) is 7.95. The Morgan fingerprint density at radius 3 is 2.89 bits per heavy atom. The third kappa shape index (κ3) is 2.42. The molecular formula is C15H26N4. The monoisotopic (exact) mass is 262 g/mol. The molecule has 4 heteroatoms. The predicted molar refractivity (Wildman–Crippen MR) is 75.7 cm³/mol. The van der Waals surface area contributed by atoms with E-state index in [1.54, 1.807) is 0 Å². The molecule has 2 fully saturated rings. The summed E-state index contributed by atoms with van der Waals surface area (Å²) in [5.41, 5.74) is 1.31. The van der Waals surface area contributed by atoms with E-state index in [1.165, 1.54) is 31.4 Å². The summed E-state index contributed by atoms with van der Waals surface area (Å²) in [6, 6.07) is 0.460. The maximum atomic E-state index is 4.27. The second-order valence-electron chi connectivity index (χ2n) is 6.26. The first kappa shape index (κ1) is 13.1. The van der Waals surface area contributed by atoms with E-state index in [1.807, 2.05) is 6.20 Å². The molecule has 2 saturated carbocycles. The minimum Gasteiger partial charge on any atom is -0.309 e. The van der Waals surface area contributed by atoms with Crippen molar-refractivity contribution < 1.29 is 0 Å². The summed E-state index contributed by atoms with van der Waals surface area (Å²) in [4.78, 5) is 0. The van der Waals surface area contributed by atoms with E-state index in [9.17, 15) is 0 Å². The van der Waals surface area contributed by atoms with Crippen LogP contribution in [0.3, 0.4) is 0 Å². The van der Waals surface area contributed by atoms with Crippen LogP contribution in [0.4, 0.5) is 0 Å². The van der Waals surface area contributed by atoms with Gasteiger partial charge in [0.2, 0.25) is 0 Å². The van der Waals surface area contributed by atoms with Crippen molar-refractivity contribution in [3.63, 3.8) is 0 Å². The Balaban J connectivity index is 1.82.